The second kappa shape index (κ2) is 11.2. The first-order valence-corrected chi connectivity index (χ1v) is 12.0. The Balaban J connectivity index is 1.27. The average molecular weight is 516 g/mol. The standard InChI is InChI=1S/C24H23F2N5O4S/c1-35-16-7-5-15(6-8-16)27-21(33)22-29-30-23(36-22)24(34)31-11-9-14(10-12-31)13-19(32)28-20-17(25)3-2-4-18(20)26/h2-8,14H,9-13H2,1H3,(H,27,33)(H,28,32). The zero-order valence-corrected chi connectivity index (χ0v) is 20.1. The molecule has 0 spiro atoms. The Hall–Kier alpha value is -3.93. The first kappa shape index (κ1) is 25.2. The van der Waals surface area contributed by atoms with Gasteiger partial charge in [0.15, 0.2) is 0 Å². The Bertz CT molecular complexity index is 1240. The highest BCUT2D eigenvalue weighted by Gasteiger charge is 2.28. The van der Waals surface area contributed by atoms with Crippen LogP contribution in [-0.4, -0.2) is 53.0 Å². The Labute approximate surface area is 209 Å². The minimum absolute atomic E-state index is 0.0378. The lowest BCUT2D eigenvalue weighted by molar-refractivity contribution is -0.117. The van der Waals surface area contributed by atoms with E-state index in [1.807, 2.05) is 0 Å². The molecule has 1 fully saturated rings. The van der Waals surface area contributed by atoms with Gasteiger partial charge in [-0.25, -0.2) is 8.78 Å². The molecule has 1 aliphatic rings. The molecular weight excluding hydrogens is 492 g/mol. The van der Waals surface area contributed by atoms with Crippen molar-refractivity contribution in [1.29, 1.82) is 0 Å². The van der Waals surface area contributed by atoms with E-state index in [0.717, 1.165) is 23.5 Å². The smallest absolute Gasteiger partial charge is 0.286 e. The number of carbonyl (C=O) groups excluding carboxylic acids is 3. The second-order valence-corrected chi connectivity index (χ2v) is 9.16. The molecule has 2 N–H and O–H groups in total. The number of carbonyl (C=O) groups is 3. The molecule has 1 saturated heterocycles. The van der Waals surface area contributed by atoms with Crippen molar-refractivity contribution in [2.24, 2.45) is 5.92 Å². The van der Waals surface area contributed by atoms with Crippen LogP contribution in [0, 0.1) is 17.6 Å². The summed E-state index contributed by atoms with van der Waals surface area (Å²) < 4.78 is 32.6. The number of nitrogens with zero attached hydrogens (tertiary/aromatic N) is 3. The fourth-order valence-corrected chi connectivity index (χ4v) is 4.51. The maximum atomic E-state index is 13.7. The molecule has 188 valence electrons. The molecule has 2 heterocycles. The van der Waals surface area contributed by atoms with E-state index in [4.69, 9.17) is 4.74 Å². The van der Waals surface area contributed by atoms with Gasteiger partial charge in [-0.05, 0) is 55.2 Å². The van der Waals surface area contributed by atoms with E-state index >= 15 is 0 Å². The topological polar surface area (TPSA) is 114 Å². The highest BCUT2D eigenvalue weighted by Crippen LogP contribution is 2.25. The van der Waals surface area contributed by atoms with Gasteiger partial charge in [0.25, 0.3) is 11.8 Å². The minimum atomic E-state index is -0.835. The van der Waals surface area contributed by atoms with E-state index < -0.39 is 29.1 Å². The SMILES string of the molecule is COc1ccc(NC(=O)c2nnc(C(=O)N3CCC(CC(=O)Nc4c(F)cccc4F)CC3)s2)cc1. The van der Waals surface area contributed by atoms with Crippen molar-refractivity contribution in [3.8, 4) is 5.75 Å². The molecule has 0 bridgehead atoms. The van der Waals surface area contributed by atoms with Gasteiger partial charge in [-0.3, -0.25) is 14.4 Å². The summed E-state index contributed by atoms with van der Waals surface area (Å²) in [6, 6.07) is 10.1. The van der Waals surface area contributed by atoms with Crippen molar-refractivity contribution < 1.29 is 27.9 Å². The number of hydrogen-bond acceptors (Lipinski definition) is 7. The zero-order valence-electron chi connectivity index (χ0n) is 19.3. The van der Waals surface area contributed by atoms with Crippen LogP contribution in [0.3, 0.4) is 0 Å². The first-order valence-electron chi connectivity index (χ1n) is 11.2. The average Bonchev–Trinajstić information content (AvgIpc) is 3.37. The third-order valence-electron chi connectivity index (χ3n) is 5.75. The molecule has 1 aromatic heterocycles. The highest BCUT2D eigenvalue weighted by atomic mass is 32.1. The number of hydrogen-bond donors (Lipinski definition) is 2. The predicted molar refractivity (Wildman–Crippen MR) is 129 cm³/mol. The maximum absolute atomic E-state index is 13.7. The summed E-state index contributed by atoms with van der Waals surface area (Å²) in [5.74, 6) is -2.36. The number of aromatic nitrogens is 2. The molecule has 36 heavy (non-hydrogen) atoms. The molecule has 12 heteroatoms. The van der Waals surface area contributed by atoms with E-state index in [0.29, 0.717) is 37.4 Å². The molecule has 0 radical (unpaired) electrons. The van der Waals surface area contributed by atoms with Gasteiger partial charge in [0.1, 0.15) is 23.1 Å². The molecule has 3 aromatic rings. The highest BCUT2D eigenvalue weighted by molar-refractivity contribution is 7.15. The van der Waals surface area contributed by atoms with Gasteiger partial charge in [-0.1, -0.05) is 17.4 Å². The molecule has 1 aliphatic heterocycles. The lowest BCUT2D eigenvalue weighted by Gasteiger charge is -2.31. The molecule has 2 aromatic carbocycles. The summed E-state index contributed by atoms with van der Waals surface area (Å²) >= 11 is 0.900. The van der Waals surface area contributed by atoms with Crippen LogP contribution in [0.2, 0.25) is 0 Å². The predicted octanol–water partition coefficient (Wildman–Crippen LogP) is 3.96. The third-order valence-corrected chi connectivity index (χ3v) is 6.66. The van der Waals surface area contributed by atoms with E-state index in [1.54, 1.807) is 36.3 Å². The summed E-state index contributed by atoms with van der Waals surface area (Å²) in [6.07, 6.45) is 1.18. The number of para-hydroxylation sites is 1. The zero-order chi connectivity index (χ0) is 25.7. The number of rotatable bonds is 7. The van der Waals surface area contributed by atoms with Crippen molar-refractivity contribution in [3.05, 3.63) is 64.1 Å². The Morgan fingerprint density at radius 1 is 1.00 bits per heavy atom. The maximum Gasteiger partial charge on any atom is 0.286 e. The van der Waals surface area contributed by atoms with Crippen molar-refractivity contribution in [1.82, 2.24) is 15.1 Å². The molecule has 4 rings (SSSR count). The van der Waals surface area contributed by atoms with Crippen molar-refractivity contribution in [3.63, 3.8) is 0 Å². The number of nitrogens with one attached hydrogen (secondary N) is 2. The van der Waals surface area contributed by atoms with Crippen LogP contribution in [0.1, 0.15) is 38.9 Å². The summed E-state index contributed by atoms with van der Waals surface area (Å²) in [5, 5.41) is 12.9. The largest absolute Gasteiger partial charge is 0.497 e. The van der Waals surface area contributed by atoms with Gasteiger partial charge in [-0.2, -0.15) is 0 Å². The Kier molecular flexibility index (Phi) is 7.84. The van der Waals surface area contributed by atoms with Crippen LogP contribution in [-0.2, 0) is 4.79 Å². The lowest BCUT2D eigenvalue weighted by atomic mass is 9.93. The molecular formula is C24H23F2N5O4S. The number of likely N-dealkylation sites (tertiary alicyclic amines) is 1. The number of ether oxygens (including phenoxy) is 1. The van der Waals surface area contributed by atoms with E-state index in [2.05, 4.69) is 20.8 Å². The van der Waals surface area contributed by atoms with E-state index in [-0.39, 0.29) is 28.3 Å². The van der Waals surface area contributed by atoms with Crippen molar-refractivity contribution in [2.45, 2.75) is 19.3 Å². The summed E-state index contributed by atoms with van der Waals surface area (Å²) in [7, 11) is 1.54. The number of benzene rings is 2. The number of methoxy groups -OCH3 is 1. The van der Waals surface area contributed by atoms with Gasteiger partial charge < -0.3 is 20.3 Å². The summed E-state index contributed by atoms with van der Waals surface area (Å²) in [4.78, 5) is 39.2. The third kappa shape index (κ3) is 6.00. The fourth-order valence-electron chi connectivity index (χ4n) is 3.81. The Morgan fingerprint density at radius 3 is 2.28 bits per heavy atom. The van der Waals surface area contributed by atoms with E-state index in [1.165, 1.54) is 6.07 Å². The van der Waals surface area contributed by atoms with E-state index in [9.17, 15) is 23.2 Å². The van der Waals surface area contributed by atoms with Gasteiger partial charge in [0, 0.05) is 25.2 Å². The summed E-state index contributed by atoms with van der Waals surface area (Å²) in [5.41, 5.74) is 0.0888. The monoisotopic (exact) mass is 515 g/mol. The fraction of sp³-hybridized carbons (Fsp3) is 0.292. The van der Waals surface area contributed by atoms with Crippen LogP contribution in [0.4, 0.5) is 20.2 Å². The molecule has 0 saturated carbocycles. The quantitative estimate of drug-likeness (QED) is 0.493. The second-order valence-electron chi connectivity index (χ2n) is 8.18. The Morgan fingerprint density at radius 2 is 1.64 bits per heavy atom. The lowest BCUT2D eigenvalue weighted by Crippen LogP contribution is -2.39. The van der Waals surface area contributed by atoms with Crippen LogP contribution in [0.15, 0.2) is 42.5 Å². The number of anilines is 2. The molecule has 0 aliphatic carbocycles. The van der Waals surface area contributed by atoms with Crippen LogP contribution in [0.5, 0.6) is 5.75 Å². The molecule has 3 amide bonds. The molecule has 0 unspecified atom stereocenters. The normalized spacial score (nSPS) is 13.8. The van der Waals surface area contributed by atoms with Gasteiger partial charge >= 0.3 is 0 Å². The number of halogens is 2. The van der Waals surface area contributed by atoms with Crippen LogP contribution < -0.4 is 15.4 Å². The molecule has 9 nitrogen and oxygen atoms in total. The van der Waals surface area contributed by atoms with Crippen LogP contribution in [0.25, 0.3) is 0 Å². The van der Waals surface area contributed by atoms with Crippen LogP contribution >= 0.6 is 11.3 Å². The van der Waals surface area contributed by atoms with Crippen molar-refractivity contribution in [2.75, 3.05) is 30.8 Å². The van der Waals surface area contributed by atoms with Gasteiger partial charge in [-0.15, -0.1) is 10.2 Å². The first-order chi connectivity index (χ1) is 17.3. The van der Waals surface area contributed by atoms with Gasteiger partial charge in [0.2, 0.25) is 15.9 Å². The van der Waals surface area contributed by atoms with Gasteiger partial charge in [0.05, 0.1) is 7.11 Å². The number of amides is 3. The number of piperidine rings is 1. The summed E-state index contributed by atoms with van der Waals surface area (Å²) in [6.45, 7) is 0.773. The van der Waals surface area contributed by atoms with Crippen molar-refractivity contribution >= 4 is 40.4 Å². The molecule has 0 atom stereocenters. The minimum Gasteiger partial charge on any atom is -0.497 e.